The highest BCUT2D eigenvalue weighted by molar-refractivity contribution is 6.04. The number of aromatic carboxylic acids is 2. The molecule has 0 spiro atoms. The molecule has 0 aliphatic heterocycles. The van der Waals surface area contributed by atoms with Gasteiger partial charge in [0.15, 0.2) is 0 Å². The van der Waals surface area contributed by atoms with E-state index in [1.165, 1.54) is 6.07 Å². The fraction of sp³-hybridized carbons (Fsp3) is 0.100. The average molecular weight is 496 g/mol. The number of amides is 1. The number of carboxylic acids is 2. The van der Waals surface area contributed by atoms with Crippen molar-refractivity contribution >= 4 is 17.8 Å². The summed E-state index contributed by atoms with van der Waals surface area (Å²) in [4.78, 5) is 38.1. The van der Waals surface area contributed by atoms with E-state index in [0.29, 0.717) is 13.2 Å². The lowest BCUT2D eigenvalue weighted by atomic mass is 10.0. The van der Waals surface area contributed by atoms with Crippen LogP contribution in [0.4, 0.5) is 0 Å². The van der Waals surface area contributed by atoms with Crippen LogP contribution in [0.25, 0.3) is 0 Å². The highest BCUT2D eigenvalue weighted by atomic mass is 16.5. The van der Waals surface area contributed by atoms with Crippen molar-refractivity contribution in [3.05, 3.63) is 137 Å². The van der Waals surface area contributed by atoms with Crippen LogP contribution in [0.3, 0.4) is 0 Å². The van der Waals surface area contributed by atoms with Gasteiger partial charge in [0.2, 0.25) is 0 Å². The Morgan fingerprint density at radius 1 is 0.622 bits per heavy atom. The van der Waals surface area contributed by atoms with Crippen molar-refractivity contribution < 1.29 is 29.3 Å². The summed E-state index contributed by atoms with van der Waals surface area (Å²) in [5, 5.41) is 18.8. The van der Waals surface area contributed by atoms with Gasteiger partial charge in [0.05, 0.1) is 11.1 Å². The fourth-order valence-corrected chi connectivity index (χ4v) is 3.87. The predicted octanol–water partition coefficient (Wildman–Crippen LogP) is 5.50. The van der Waals surface area contributed by atoms with Crippen LogP contribution in [0.5, 0.6) is 5.75 Å². The molecule has 0 aliphatic carbocycles. The number of hydrogen-bond acceptors (Lipinski definition) is 4. The topological polar surface area (TPSA) is 104 Å². The Morgan fingerprint density at radius 2 is 1.16 bits per heavy atom. The first-order valence-electron chi connectivity index (χ1n) is 11.6. The van der Waals surface area contributed by atoms with Gasteiger partial charge in [-0.2, -0.15) is 0 Å². The standard InChI is InChI=1S/C30H25NO6/c32-28(24-15-16-26(29(33)34)27(17-24)30(35)36)31(18-21-7-3-1-4-8-21)19-22-11-13-23(14-12-22)20-37-25-9-5-2-6-10-25/h1-17H,18-20H2,(H,33,34)(H,35,36). The van der Waals surface area contributed by atoms with E-state index in [-0.39, 0.29) is 17.7 Å². The van der Waals surface area contributed by atoms with Gasteiger partial charge in [-0.3, -0.25) is 4.79 Å². The van der Waals surface area contributed by atoms with E-state index < -0.39 is 23.4 Å². The van der Waals surface area contributed by atoms with Crippen molar-refractivity contribution in [3.63, 3.8) is 0 Å². The van der Waals surface area contributed by atoms with Crippen molar-refractivity contribution in [2.75, 3.05) is 0 Å². The minimum absolute atomic E-state index is 0.103. The molecule has 7 heteroatoms. The predicted molar refractivity (Wildman–Crippen MR) is 138 cm³/mol. The van der Waals surface area contributed by atoms with E-state index in [0.717, 1.165) is 34.6 Å². The Morgan fingerprint density at radius 3 is 1.76 bits per heavy atom. The summed E-state index contributed by atoms with van der Waals surface area (Å²) in [5.41, 5.74) is 2.07. The molecule has 0 atom stereocenters. The second-order valence-corrected chi connectivity index (χ2v) is 8.44. The first-order chi connectivity index (χ1) is 17.9. The van der Waals surface area contributed by atoms with Gasteiger partial charge in [-0.1, -0.05) is 72.8 Å². The summed E-state index contributed by atoms with van der Waals surface area (Å²) in [6.45, 7) is 0.975. The summed E-state index contributed by atoms with van der Waals surface area (Å²) in [7, 11) is 0. The molecule has 186 valence electrons. The highest BCUT2D eigenvalue weighted by Crippen LogP contribution is 2.19. The molecule has 0 saturated carbocycles. The number of hydrogen-bond donors (Lipinski definition) is 2. The van der Waals surface area contributed by atoms with Crippen molar-refractivity contribution in [3.8, 4) is 5.75 Å². The highest BCUT2D eigenvalue weighted by Gasteiger charge is 2.22. The van der Waals surface area contributed by atoms with E-state index >= 15 is 0 Å². The van der Waals surface area contributed by atoms with Gasteiger partial charge < -0.3 is 19.8 Å². The smallest absolute Gasteiger partial charge is 0.336 e. The molecular formula is C30H25NO6. The zero-order valence-corrected chi connectivity index (χ0v) is 19.9. The monoisotopic (exact) mass is 495 g/mol. The van der Waals surface area contributed by atoms with Crippen LogP contribution in [-0.4, -0.2) is 33.0 Å². The van der Waals surface area contributed by atoms with Gasteiger partial charge >= 0.3 is 11.9 Å². The van der Waals surface area contributed by atoms with Gasteiger partial charge in [-0.25, -0.2) is 9.59 Å². The third-order valence-electron chi connectivity index (χ3n) is 5.78. The second-order valence-electron chi connectivity index (χ2n) is 8.44. The maximum atomic E-state index is 13.5. The molecule has 0 aliphatic rings. The number of carbonyl (C=O) groups excluding carboxylic acids is 1. The molecule has 0 radical (unpaired) electrons. The average Bonchev–Trinajstić information content (AvgIpc) is 2.92. The van der Waals surface area contributed by atoms with Crippen molar-refractivity contribution in [2.24, 2.45) is 0 Å². The summed E-state index contributed by atoms with van der Waals surface area (Å²) >= 11 is 0. The molecular weight excluding hydrogens is 470 g/mol. The summed E-state index contributed by atoms with van der Waals surface area (Å²) in [6.07, 6.45) is 0. The zero-order chi connectivity index (χ0) is 26.2. The largest absolute Gasteiger partial charge is 0.489 e. The van der Waals surface area contributed by atoms with Crippen LogP contribution in [0.15, 0.2) is 103 Å². The van der Waals surface area contributed by atoms with Gasteiger partial charge in [0, 0.05) is 18.7 Å². The van der Waals surface area contributed by atoms with Crippen LogP contribution in [0.2, 0.25) is 0 Å². The maximum absolute atomic E-state index is 13.5. The Kier molecular flexibility index (Phi) is 7.95. The van der Waals surface area contributed by atoms with Gasteiger partial charge in [0.25, 0.3) is 5.91 Å². The first-order valence-corrected chi connectivity index (χ1v) is 11.6. The van der Waals surface area contributed by atoms with Crippen LogP contribution < -0.4 is 4.74 Å². The summed E-state index contributed by atoms with van der Waals surface area (Å²) in [6, 6.07) is 30.3. The summed E-state index contributed by atoms with van der Waals surface area (Å²) < 4.78 is 5.79. The van der Waals surface area contributed by atoms with Crippen molar-refractivity contribution in [1.29, 1.82) is 0 Å². The maximum Gasteiger partial charge on any atom is 0.336 e. The molecule has 0 saturated heterocycles. The number of carbonyl (C=O) groups is 3. The van der Waals surface area contributed by atoms with Crippen LogP contribution >= 0.6 is 0 Å². The van der Waals surface area contributed by atoms with E-state index in [2.05, 4.69) is 0 Å². The molecule has 0 fully saturated rings. The first kappa shape index (κ1) is 25.2. The number of benzene rings is 4. The van der Waals surface area contributed by atoms with Crippen molar-refractivity contribution in [2.45, 2.75) is 19.7 Å². The normalized spacial score (nSPS) is 10.5. The molecule has 0 aromatic heterocycles. The molecule has 4 aromatic rings. The Balaban J connectivity index is 1.55. The van der Waals surface area contributed by atoms with Crippen LogP contribution in [0, 0.1) is 0 Å². The SMILES string of the molecule is O=C(O)c1ccc(C(=O)N(Cc2ccccc2)Cc2ccc(COc3ccccc3)cc2)cc1C(=O)O. The Labute approximate surface area is 214 Å². The van der Waals surface area contributed by atoms with E-state index in [1.54, 1.807) is 4.90 Å². The quantitative estimate of drug-likeness (QED) is 0.301. The van der Waals surface area contributed by atoms with Gasteiger partial charge in [-0.05, 0) is 47.0 Å². The Bertz CT molecular complexity index is 1390. The third-order valence-corrected chi connectivity index (χ3v) is 5.78. The van der Waals surface area contributed by atoms with E-state index in [4.69, 9.17) is 4.74 Å². The fourth-order valence-electron chi connectivity index (χ4n) is 3.87. The van der Waals surface area contributed by atoms with E-state index in [9.17, 15) is 24.6 Å². The molecule has 0 heterocycles. The summed E-state index contributed by atoms with van der Waals surface area (Å²) in [5.74, 6) is -2.40. The lowest BCUT2D eigenvalue weighted by Crippen LogP contribution is -2.30. The molecule has 4 rings (SSSR count). The zero-order valence-electron chi connectivity index (χ0n) is 19.9. The minimum atomic E-state index is -1.41. The number of rotatable bonds is 10. The molecule has 0 bridgehead atoms. The lowest BCUT2D eigenvalue weighted by molar-refractivity contribution is 0.0650. The number of para-hydroxylation sites is 1. The van der Waals surface area contributed by atoms with Crippen molar-refractivity contribution in [1.82, 2.24) is 4.90 Å². The molecule has 0 unspecified atom stereocenters. The minimum Gasteiger partial charge on any atom is -0.489 e. The van der Waals surface area contributed by atoms with Gasteiger partial charge in [-0.15, -0.1) is 0 Å². The number of nitrogens with zero attached hydrogens (tertiary/aromatic N) is 1. The van der Waals surface area contributed by atoms with E-state index in [1.807, 2.05) is 84.9 Å². The number of ether oxygens (including phenoxy) is 1. The Hall–Kier alpha value is -4.91. The molecule has 37 heavy (non-hydrogen) atoms. The van der Waals surface area contributed by atoms with Gasteiger partial charge in [0.1, 0.15) is 12.4 Å². The van der Waals surface area contributed by atoms with Crippen LogP contribution in [-0.2, 0) is 19.7 Å². The third kappa shape index (κ3) is 6.61. The molecule has 1 amide bonds. The molecule has 7 nitrogen and oxygen atoms in total. The number of carboxylic acid groups (broad SMARTS) is 2. The lowest BCUT2D eigenvalue weighted by Gasteiger charge is -2.24. The second kappa shape index (κ2) is 11.7. The van der Waals surface area contributed by atoms with Crippen LogP contribution in [0.1, 0.15) is 47.8 Å². The molecule has 4 aromatic carbocycles. The molecule has 2 N–H and O–H groups in total.